The van der Waals surface area contributed by atoms with Crippen LogP contribution in [0.3, 0.4) is 0 Å². The van der Waals surface area contributed by atoms with Crippen molar-refractivity contribution < 1.29 is 22.4 Å². The molecule has 0 aliphatic heterocycles. The molecule has 0 heterocycles. The Hall–Kier alpha value is -0.668. The summed E-state index contributed by atoms with van der Waals surface area (Å²) in [5.41, 5.74) is 0. The van der Waals surface area contributed by atoms with Crippen molar-refractivity contribution in [2.45, 2.75) is 194 Å². The fourth-order valence-electron chi connectivity index (χ4n) is 4.78. The average Bonchev–Trinajstić information content (AvgIpc) is 2.93. The van der Waals surface area contributed by atoms with Gasteiger partial charge in [0.05, 0.1) is 0 Å². The van der Waals surface area contributed by atoms with Gasteiger partial charge >= 0.3 is 259 Å². The molecule has 0 saturated carbocycles. The van der Waals surface area contributed by atoms with Gasteiger partial charge in [0.1, 0.15) is 0 Å². The molecule has 0 rings (SSSR count). The fourth-order valence-corrected chi connectivity index (χ4v) is 9.22. The van der Waals surface area contributed by atoms with E-state index < -0.39 is 42.0 Å². The monoisotopic (exact) mass is 760 g/mol. The molecule has 0 spiro atoms. The van der Waals surface area contributed by atoms with E-state index in [4.69, 9.17) is 8.06 Å². The number of unbranched alkanes of at least 4 members (excludes halogenated alkanes) is 21. The van der Waals surface area contributed by atoms with Crippen molar-refractivity contribution in [2.75, 3.05) is 0 Å². The van der Waals surface area contributed by atoms with Gasteiger partial charge in [-0.1, -0.05) is 0 Å². The summed E-state index contributed by atoms with van der Waals surface area (Å²) in [5.74, 6) is -1.17. The average molecular weight is 760 g/mol. The summed E-state index contributed by atoms with van der Waals surface area (Å²) in [6.07, 6.45) is 28.2. The molecule has 7 heteroatoms. The minimum absolute atomic E-state index is 0.288. The zero-order valence-corrected chi connectivity index (χ0v) is 31.1. The van der Waals surface area contributed by atoms with Gasteiger partial charge < -0.3 is 0 Å². The quantitative estimate of drug-likeness (QED) is 0.0536. The zero-order valence-electron chi connectivity index (χ0n) is 26.6. The number of rotatable bonds is 30. The first-order valence-electron chi connectivity index (χ1n) is 17.1. The topological polar surface area (TPSA) is 78.9 Å². The molecule has 0 radical (unpaired) electrons. The van der Waals surface area contributed by atoms with E-state index >= 15 is 0 Å². The Morgan fingerprint density at radius 3 is 0.775 bits per heavy atom. The molecule has 0 aromatic carbocycles. The first-order chi connectivity index (χ1) is 19.5. The van der Waals surface area contributed by atoms with Crippen LogP contribution >= 0.6 is 0 Å². The van der Waals surface area contributed by atoms with Gasteiger partial charge in [-0.2, -0.15) is 0 Å². The standard InChI is InChI=1S/3C11H22O2.Tl/c3*1-2-3-4-5-6-7-8-9-10-11(12)13;/h3*2-10H2,1H3,(H,12,13);/q;;;+3/p-3. The first-order valence-corrected chi connectivity index (χ1v) is 22.6. The summed E-state index contributed by atoms with van der Waals surface area (Å²) in [4.78, 5) is 37.4. The first kappa shape index (κ1) is 39.3. The third-order valence-corrected chi connectivity index (χ3v) is 12.7. The zero-order chi connectivity index (χ0) is 29.5. The molecule has 0 aliphatic carbocycles. The van der Waals surface area contributed by atoms with Gasteiger partial charge in [0.25, 0.3) is 0 Å². The van der Waals surface area contributed by atoms with Crippen LogP contribution in [0.15, 0.2) is 0 Å². The third-order valence-electron chi connectivity index (χ3n) is 7.39. The molecular weight excluding hydrogens is 697 g/mol. The molecule has 0 aromatic heterocycles. The molecular formula is C33H63O6Tl. The van der Waals surface area contributed by atoms with Crippen LogP contribution in [0, 0.1) is 0 Å². The van der Waals surface area contributed by atoms with Gasteiger partial charge in [-0.3, -0.25) is 0 Å². The van der Waals surface area contributed by atoms with Crippen molar-refractivity contribution >= 4 is 42.0 Å². The maximum absolute atomic E-state index is 12.5. The van der Waals surface area contributed by atoms with Crippen LogP contribution in [-0.4, -0.2) is 42.0 Å². The molecule has 234 valence electrons. The molecule has 0 aromatic rings. The third kappa shape index (κ3) is 28.8. The van der Waals surface area contributed by atoms with Gasteiger partial charge in [0.2, 0.25) is 0 Å². The van der Waals surface area contributed by atoms with E-state index in [1.807, 2.05) is 0 Å². The van der Waals surface area contributed by atoms with Crippen LogP contribution < -0.4 is 0 Å². The van der Waals surface area contributed by atoms with E-state index in [2.05, 4.69) is 20.8 Å². The number of hydrogen-bond acceptors (Lipinski definition) is 6. The maximum atomic E-state index is 12.5. The summed E-state index contributed by atoms with van der Waals surface area (Å²) in [6, 6.07) is 0. The van der Waals surface area contributed by atoms with E-state index in [9.17, 15) is 14.4 Å². The number of carbonyl (C=O) groups is 3. The van der Waals surface area contributed by atoms with Crippen LogP contribution in [0.4, 0.5) is 0 Å². The van der Waals surface area contributed by atoms with Gasteiger partial charge in [-0.15, -0.1) is 0 Å². The Labute approximate surface area is 257 Å². The second kappa shape index (κ2) is 31.3. The Kier molecular flexibility index (Phi) is 30.7. The molecule has 0 aliphatic rings. The summed E-state index contributed by atoms with van der Waals surface area (Å²) in [5, 5.41) is 0. The van der Waals surface area contributed by atoms with E-state index in [0.29, 0.717) is 0 Å². The van der Waals surface area contributed by atoms with Crippen molar-refractivity contribution in [3.05, 3.63) is 0 Å². The van der Waals surface area contributed by atoms with Crippen LogP contribution in [0.2, 0.25) is 0 Å². The van der Waals surface area contributed by atoms with Crippen molar-refractivity contribution in [3.63, 3.8) is 0 Å². The van der Waals surface area contributed by atoms with Gasteiger partial charge in [-0.25, -0.2) is 0 Å². The van der Waals surface area contributed by atoms with Crippen LogP contribution in [0.5, 0.6) is 0 Å². The Morgan fingerprint density at radius 2 is 0.550 bits per heavy atom. The number of carbonyl (C=O) groups excluding carboxylic acids is 3. The summed E-state index contributed by atoms with van der Waals surface area (Å²) >= 11 is -4.16. The predicted molar refractivity (Wildman–Crippen MR) is 166 cm³/mol. The molecule has 0 bridgehead atoms. The SMILES string of the molecule is CCCCCCCCCCC(=O)[O][Tl]([O]C(=O)CCCCCCCCCC)[O]C(=O)CCCCCCCCCC. The number of hydrogen-bond donors (Lipinski definition) is 0. The molecule has 0 atom stereocenters. The molecule has 0 fully saturated rings. The van der Waals surface area contributed by atoms with Crippen molar-refractivity contribution in [3.8, 4) is 0 Å². The molecule has 0 saturated heterocycles. The molecule has 6 nitrogen and oxygen atoms in total. The summed E-state index contributed by atoms with van der Waals surface area (Å²) < 4.78 is 16.5. The van der Waals surface area contributed by atoms with E-state index in [0.717, 1.165) is 57.8 Å². The Balaban J connectivity index is 4.39. The minimum atomic E-state index is -4.16. The van der Waals surface area contributed by atoms with Crippen molar-refractivity contribution in [2.24, 2.45) is 0 Å². The van der Waals surface area contributed by atoms with E-state index in [1.165, 1.54) is 96.3 Å². The van der Waals surface area contributed by atoms with Gasteiger partial charge in [-0.05, 0) is 0 Å². The Morgan fingerprint density at radius 1 is 0.350 bits per heavy atom. The van der Waals surface area contributed by atoms with Crippen LogP contribution in [0.1, 0.15) is 194 Å². The van der Waals surface area contributed by atoms with E-state index in [1.54, 1.807) is 0 Å². The van der Waals surface area contributed by atoms with Crippen LogP contribution in [0.25, 0.3) is 0 Å². The Bertz CT molecular complexity index is 517. The second-order valence-corrected chi connectivity index (χ2v) is 16.4. The van der Waals surface area contributed by atoms with Gasteiger partial charge in [0, 0.05) is 0 Å². The van der Waals surface area contributed by atoms with Crippen molar-refractivity contribution in [1.82, 2.24) is 0 Å². The predicted octanol–water partition coefficient (Wildman–Crippen LogP) is 10.2. The van der Waals surface area contributed by atoms with Gasteiger partial charge in [0.15, 0.2) is 0 Å². The van der Waals surface area contributed by atoms with Crippen LogP contribution in [-0.2, 0) is 22.4 Å². The molecule has 0 amide bonds. The van der Waals surface area contributed by atoms with E-state index in [-0.39, 0.29) is 19.3 Å². The fraction of sp³-hybridized carbons (Fsp3) is 0.909. The molecule has 0 unspecified atom stereocenters. The summed E-state index contributed by atoms with van der Waals surface area (Å²) in [6.45, 7) is 6.64. The summed E-state index contributed by atoms with van der Waals surface area (Å²) in [7, 11) is 0. The molecule has 0 N–H and O–H groups in total. The normalized spacial score (nSPS) is 10.9. The second-order valence-electron chi connectivity index (χ2n) is 11.4. The van der Waals surface area contributed by atoms with Crippen molar-refractivity contribution in [1.29, 1.82) is 0 Å². The molecule has 40 heavy (non-hydrogen) atoms.